The van der Waals surface area contributed by atoms with Crippen molar-refractivity contribution < 1.29 is 24.2 Å². The number of hydrogen-bond acceptors (Lipinski definition) is 5. The molecule has 0 aromatic heterocycles. The van der Waals surface area contributed by atoms with Gasteiger partial charge in [0.05, 0.1) is 30.1 Å². The Bertz CT molecular complexity index is 940. The first-order valence-electron chi connectivity index (χ1n) is 12.4. The second-order valence-corrected chi connectivity index (χ2v) is 10.3. The highest BCUT2D eigenvalue weighted by atomic mass is 16.5. The average molecular weight is 472 g/mol. The van der Waals surface area contributed by atoms with Crippen LogP contribution in [-0.4, -0.2) is 64.2 Å². The first-order valence-corrected chi connectivity index (χ1v) is 12.4. The number of benzene rings is 1. The van der Waals surface area contributed by atoms with Crippen LogP contribution >= 0.6 is 0 Å². The molecule has 34 heavy (non-hydrogen) atoms. The van der Waals surface area contributed by atoms with Gasteiger partial charge in [-0.2, -0.15) is 0 Å². The summed E-state index contributed by atoms with van der Waals surface area (Å²) in [4.78, 5) is 42.3. The van der Waals surface area contributed by atoms with Crippen LogP contribution < -0.4 is 10.6 Å². The molecule has 3 unspecified atom stereocenters. The Kier molecular flexibility index (Phi) is 6.75. The van der Waals surface area contributed by atoms with Crippen LogP contribution in [-0.2, 0) is 25.7 Å². The van der Waals surface area contributed by atoms with Gasteiger partial charge in [-0.3, -0.25) is 14.4 Å². The van der Waals surface area contributed by atoms with E-state index < -0.39 is 35.1 Å². The van der Waals surface area contributed by atoms with E-state index in [1.54, 1.807) is 6.92 Å². The number of amides is 3. The summed E-state index contributed by atoms with van der Waals surface area (Å²) in [6, 6.07) is 8.18. The molecule has 186 valence electrons. The largest absolute Gasteiger partial charge is 0.394 e. The van der Waals surface area contributed by atoms with Crippen LogP contribution in [0.25, 0.3) is 0 Å². The molecule has 1 aromatic rings. The summed E-state index contributed by atoms with van der Waals surface area (Å²) in [6.45, 7) is 8.29. The highest BCUT2D eigenvalue weighted by Gasteiger charge is 2.80. The predicted octanol–water partition coefficient (Wildman–Crippen LogP) is 1.61. The topological polar surface area (TPSA) is 108 Å². The van der Waals surface area contributed by atoms with Gasteiger partial charge in [0.2, 0.25) is 17.7 Å². The highest BCUT2D eigenvalue weighted by molar-refractivity contribution is 5.99. The van der Waals surface area contributed by atoms with Gasteiger partial charge in [-0.1, -0.05) is 50.6 Å². The number of aliphatic hydroxyl groups is 1. The van der Waals surface area contributed by atoms with Crippen molar-refractivity contribution in [1.82, 2.24) is 15.5 Å². The molecule has 3 amide bonds. The predicted molar refractivity (Wildman–Crippen MR) is 126 cm³/mol. The fraction of sp³-hybridized carbons (Fsp3) is 0.654. The lowest BCUT2D eigenvalue weighted by atomic mass is 9.62. The molecule has 2 bridgehead atoms. The van der Waals surface area contributed by atoms with Gasteiger partial charge in [-0.25, -0.2) is 0 Å². The van der Waals surface area contributed by atoms with Gasteiger partial charge in [0, 0.05) is 13.1 Å². The third-order valence-electron chi connectivity index (χ3n) is 8.16. The van der Waals surface area contributed by atoms with Gasteiger partial charge in [-0.05, 0) is 38.2 Å². The number of unbranched alkanes of at least 4 members (excludes halogenated alkanes) is 1. The molecule has 7 atom stereocenters. The minimum absolute atomic E-state index is 0.0145. The Balaban J connectivity index is 1.67. The lowest BCUT2D eigenvalue weighted by Gasteiger charge is -2.36. The molecule has 1 aromatic carbocycles. The van der Waals surface area contributed by atoms with Crippen LogP contribution in [0.15, 0.2) is 30.3 Å². The maximum Gasteiger partial charge on any atom is 0.245 e. The second kappa shape index (κ2) is 9.30. The third kappa shape index (κ3) is 3.71. The molecular weight excluding hydrogens is 434 g/mol. The number of ether oxygens (including phenoxy) is 1. The van der Waals surface area contributed by atoms with Crippen LogP contribution in [0.4, 0.5) is 0 Å². The van der Waals surface area contributed by atoms with E-state index in [4.69, 9.17) is 4.74 Å². The maximum absolute atomic E-state index is 13.8. The number of nitrogens with one attached hydrogen (secondary N) is 2. The van der Waals surface area contributed by atoms with Crippen LogP contribution in [0.2, 0.25) is 0 Å². The molecule has 0 saturated carbocycles. The summed E-state index contributed by atoms with van der Waals surface area (Å²) in [5.74, 6) is -2.28. The molecule has 0 radical (unpaired) electrons. The SMILES string of the molecule is CCCCNC(=O)C1N([C@H](C)CO)C(=O)[C@@H]2[C@@H](C(=O)NCc3ccccc3)[C@]3(C)OC12CC3C. The van der Waals surface area contributed by atoms with Crippen molar-refractivity contribution in [2.75, 3.05) is 13.2 Å². The van der Waals surface area contributed by atoms with Gasteiger partial charge in [-0.15, -0.1) is 0 Å². The Morgan fingerprint density at radius 1 is 1.24 bits per heavy atom. The summed E-state index contributed by atoms with van der Waals surface area (Å²) in [5.41, 5.74) is -0.966. The van der Waals surface area contributed by atoms with Crippen molar-refractivity contribution in [2.45, 2.75) is 76.8 Å². The highest BCUT2D eigenvalue weighted by Crippen LogP contribution is 2.65. The molecule has 1 spiro atoms. The van der Waals surface area contributed by atoms with Crippen LogP contribution in [0.3, 0.4) is 0 Å². The molecule has 3 aliphatic rings. The van der Waals surface area contributed by atoms with E-state index in [0.717, 1.165) is 18.4 Å². The number of fused-ring (bicyclic) bond motifs is 1. The third-order valence-corrected chi connectivity index (χ3v) is 8.16. The quantitative estimate of drug-likeness (QED) is 0.474. The van der Waals surface area contributed by atoms with Gasteiger partial charge in [0.1, 0.15) is 11.6 Å². The molecule has 8 heteroatoms. The normalized spacial score (nSPS) is 34.7. The summed E-state index contributed by atoms with van der Waals surface area (Å²) in [5, 5.41) is 15.9. The lowest BCUT2D eigenvalue weighted by Crippen LogP contribution is -2.57. The molecular formula is C26H37N3O5. The minimum atomic E-state index is -1.08. The Labute approximate surface area is 201 Å². The van der Waals surface area contributed by atoms with Gasteiger partial charge in [0.25, 0.3) is 0 Å². The average Bonchev–Trinajstić information content (AvgIpc) is 3.34. The molecule has 3 heterocycles. The van der Waals surface area contributed by atoms with E-state index in [-0.39, 0.29) is 30.2 Å². The Hall–Kier alpha value is -2.45. The van der Waals surface area contributed by atoms with E-state index in [9.17, 15) is 19.5 Å². The van der Waals surface area contributed by atoms with Crippen molar-refractivity contribution in [3.05, 3.63) is 35.9 Å². The first-order chi connectivity index (χ1) is 16.2. The van der Waals surface area contributed by atoms with E-state index in [0.29, 0.717) is 19.5 Å². The zero-order chi connectivity index (χ0) is 24.7. The van der Waals surface area contributed by atoms with E-state index in [1.165, 1.54) is 4.90 Å². The smallest absolute Gasteiger partial charge is 0.245 e. The van der Waals surface area contributed by atoms with Gasteiger partial charge in [0.15, 0.2) is 0 Å². The minimum Gasteiger partial charge on any atom is -0.394 e. The molecule has 8 nitrogen and oxygen atoms in total. The zero-order valence-corrected chi connectivity index (χ0v) is 20.5. The molecule has 4 rings (SSSR count). The Morgan fingerprint density at radius 3 is 2.59 bits per heavy atom. The van der Waals surface area contributed by atoms with Crippen molar-refractivity contribution in [1.29, 1.82) is 0 Å². The van der Waals surface area contributed by atoms with Crippen molar-refractivity contribution in [2.24, 2.45) is 17.8 Å². The summed E-state index contributed by atoms with van der Waals surface area (Å²) < 4.78 is 6.64. The molecule has 3 aliphatic heterocycles. The number of carbonyl (C=O) groups is 3. The van der Waals surface area contributed by atoms with Crippen LogP contribution in [0.5, 0.6) is 0 Å². The fourth-order valence-corrected chi connectivity index (χ4v) is 6.32. The maximum atomic E-state index is 13.8. The molecule has 0 aliphatic carbocycles. The van der Waals surface area contributed by atoms with Crippen molar-refractivity contribution in [3.8, 4) is 0 Å². The number of hydrogen-bond donors (Lipinski definition) is 3. The van der Waals surface area contributed by atoms with E-state index in [1.807, 2.05) is 51.1 Å². The van der Waals surface area contributed by atoms with Crippen molar-refractivity contribution >= 4 is 17.7 Å². The first kappa shape index (κ1) is 24.7. The van der Waals surface area contributed by atoms with Gasteiger partial charge >= 0.3 is 0 Å². The molecule has 3 saturated heterocycles. The van der Waals surface area contributed by atoms with E-state index >= 15 is 0 Å². The monoisotopic (exact) mass is 471 g/mol. The van der Waals surface area contributed by atoms with Gasteiger partial charge < -0.3 is 25.4 Å². The lowest BCUT2D eigenvalue weighted by molar-refractivity contribution is -0.150. The molecule has 3 fully saturated rings. The standard InChI is InChI=1S/C26H37N3O5/c1-5-6-12-27-23(32)21-26-13-16(2)25(4,34-26)19(20(26)24(33)29(21)17(3)15-30)22(31)28-14-18-10-8-7-9-11-18/h7-11,16-17,19-21,30H,5-6,12-15H2,1-4H3,(H,27,32)(H,28,31)/t16?,17-,19+,20+,21?,25-,26?/m1/s1. The number of likely N-dealkylation sites (tertiary alicyclic amines) is 1. The number of aliphatic hydroxyl groups excluding tert-OH is 1. The Morgan fingerprint density at radius 2 is 1.94 bits per heavy atom. The summed E-state index contributed by atoms with van der Waals surface area (Å²) in [6.07, 6.45) is 2.28. The number of carbonyl (C=O) groups excluding carboxylic acids is 3. The fourth-order valence-electron chi connectivity index (χ4n) is 6.32. The molecule has 3 N–H and O–H groups in total. The van der Waals surface area contributed by atoms with Crippen LogP contribution in [0.1, 0.15) is 52.5 Å². The van der Waals surface area contributed by atoms with Crippen molar-refractivity contribution in [3.63, 3.8) is 0 Å². The second-order valence-electron chi connectivity index (χ2n) is 10.3. The zero-order valence-electron chi connectivity index (χ0n) is 20.5. The summed E-state index contributed by atoms with van der Waals surface area (Å²) in [7, 11) is 0. The summed E-state index contributed by atoms with van der Waals surface area (Å²) >= 11 is 0. The van der Waals surface area contributed by atoms with Crippen LogP contribution in [0, 0.1) is 17.8 Å². The number of nitrogens with zero attached hydrogens (tertiary/aromatic N) is 1. The number of rotatable bonds is 9. The van der Waals surface area contributed by atoms with E-state index in [2.05, 4.69) is 10.6 Å².